The molecule has 0 aromatic carbocycles. The number of hydrogen-bond donors (Lipinski definition) is 0. The summed E-state index contributed by atoms with van der Waals surface area (Å²) in [6.07, 6.45) is 3.02. The highest BCUT2D eigenvalue weighted by Gasteiger charge is 2.33. The van der Waals surface area contributed by atoms with E-state index in [9.17, 15) is 13.2 Å². The molecule has 0 amide bonds. The zero-order valence-corrected chi connectivity index (χ0v) is 8.55. The first kappa shape index (κ1) is 11.0. The van der Waals surface area contributed by atoms with Crippen LogP contribution in [0.3, 0.4) is 0 Å². The van der Waals surface area contributed by atoms with Gasteiger partial charge in [0.2, 0.25) is 0 Å². The third kappa shape index (κ3) is 2.38. The lowest BCUT2D eigenvalue weighted by molar-refractivity contribution is -0.0939. The zero-order valence-electron chi connectivity index (χ0n) is 8.55. The molecule has 0 radical (unpaired) electrons. The van der Waals surface area contributed by atoms with Crippen molar-refractivity contribution < 1.29 is 17.6 Å². The Morgan fingerprint density at radius 3 is 2.69 bits per heavy atom. The quantitative estimate of drug-likeness (QED) is 0.697. The summed E-state index contributed by atoms with van der Waals surface area (Å²) in [5.74, 6) is 0. The Labute approximate surface area is 91.3 Å². The van der Waals surface area contributed by atoms with E-state index < -0.39 is 11.7 Å². The summed E-state index contributed by atoms with van der Waals surface area (Å²) in [6, 6.07) is 1.67. The molecular weight excluding hydrogens is 217 g/mol. The monoisotopic (exact) mass is 228 g/mol. The second kappa shape index (κ2) is 4.20. The predicted octanol–water partition coefficient (Wildman–Crippen LogP) is 4.34. The summed E-state index contributed by atoms with van der Waals surface area (Å²) in [5, 5.41) is 0. The molecular formula is C12H11F3O. The average Bonchev–Trinajstić information content (AvgIpc) is 2.60. The van der Waals surface area contributed by atoms with Crippen LogP contribution in [0.1, 0.15) is 24.8 Å². The SMILES string of the molecule is FC(F)(F)C1=CC(c2ccoc2)=CCCC1. The Balaban J connectivity index is 2.34. The van der Waals surface area contributed by atoms with Crippen LogP contribution in [0.2, 0.25) is 0 Å². The molecule has 0 fully saturated rings. The molecule has 1 nitrogen and oxygen atoms in total. The largest absolute Gasteiger partial charge is 0.472 e. The van der Waals surface area contributed by atoms with Crippen LogP contribution in [0.4, 0.5) is 13.2 Å². The molecule has 16 heavy (non-hydrogen) atoms. The Morgan fingerprint density at radius 2 is 2.06 bits per heavy atom. The van der Waals surface area contributed by atoms with Gasteiger partial charge in [-0.3, -0.25) is 0 Å². The first-order valence-corrected chi connectivity index (χ1v) is 5.08. The maximum Gasteiger partial charge on any atom is 0.412 e. The van der Waals surface area contributed by atoms with Gasteiger partial charge in [0.25, 0.3) is 0 Å². The van der Waals surface area contributed by atoms with Crippen molar-refractivity contribution in [3.8, 4) is 0 Å². The minimum absolute atomic E-state index is 0.0847. The molecule has 0 aliphatic heterocycles. The van der Waals surface area contributed by atoms with E-state index in [2.05, 4.69) is 0 Å². The molecule has 1 aliphatic rings. The number of hydrogen-bond acceptors (Lipinski definition) is 1. The Hall–Kier alpha value is -1.45. The van der Waals surface area contributed by atoms with Gasteiger partial charge in [0.1, 0.15) is 0 Å². The lowest BCUT2D eigenvalue weighted by Crippen LogP contribution is -2.11. The minimum atomic E-state index is -4.23. The van der Waals surface area contributed by atoms with Gasteiger partial charge >= 0.3 is 6.18 Å². The number of alkyl halides is 3. The highest BCUT2D eigenvalue weighted by Crippen LogP contribution is 2.34. The Morgan fingerprint density at radius 1 is 1.25 bits per heavy atom. The fraction of sp³-hybridized carbons (Fsp3) is 0.333. The highest BCUT2D eigenvalue weighted by atomic mass is 19.4. The fourth-order valence-corrected chi connectivity index (χ4v) is 1.72. The minimum Gasteiger partial charge on any atom is -0.472 e. The second-order valence-corrected chi connectivity index (χ2v) is 3.73. The smallest absolute Gasteiger partial charge is 0.412 e. The molecule has 1 aliphatic carbocycles. The van der Waals surface area contributed by atoms with E-state index in [1.807, 2.05) is 6.08 Å². The molecule has 0 atom stereocenters. The van der Waals surface area contributed by atoms with E-state index >= 15 is 0 Å². The van der Waals surface area contributed by atoms with Crippen molar-refractivity contribution >= 4 is 5.57 Å². The second-order valence-electron chi connectivity index (χ2n) is 3.73. The van der Waals surface area contributed by atoms with Crippen LogP contribution in [-0.2, 0) is 0 Å². The van der Waals surface area contributed by atoms with Crippen LogP contribution in [0.25, 0.3) is 5.57 Å². The van der Waals surface area contributed by atoms with E-state index in [-0.39, 0.29) is 6.42 Å². The maximum atomic E-state index is 12.6. The van der Waals surface area contributed by atoms with E-state index in [0.717, 1.165) is 0 Å². The van der Waals surface area contributed by atoms with Gasteiger partial charge in [0, 0.05) is 11.1 Å². The molecule has 0 saturated carbocycles. The van der Waals surface area contributed by atoms with Crippen molar-refractivity contribution in [2.45, 2.75) is 25.4 Å². The van der Waals surface area contributed by atoms with E-state index in [4.69, 9.17) is 4.42 Å². The van der Waals surface area contributed by atoms with Crippen LogP contribution < -0.4 is 0 Å². The fourth-order valence-electron chi connectivity index (χ4n) is 1.72. The first-order chi connectivity index (χ1) is 7.57. The van der Waals surface area contributed by atoms with Crippen LogP contribution >= 0.6 is 0 Å². The van der Waals surface area contributed by atoms with E-state index in [1.54, 1.807) is 6.07 Å². The van der Waals surface area contributed by atoms with Gasteiger partial charge < -0.3 is 4.42 Å². The Kier molecular flexibility index (Phi) is 2.90. The van der Waals surface area contributed by atoms with Gasteiger partial charge in [0.05, 0.1) is 12.5 Å². The van der Waals surface area contributed by atoms with Gasteiger partial charge in [-0.15, -0.1) is 0 Å². The van der Waals surface area contributed by atoms with Crippen LogP contribution in [0.5, 0.6) is 0 Å². The molecule has 0 saturated heterocycles. The Bertz CT molecular complexity index is 410. The van der Waals surface area contributed by atoms with E-state index in [1.165, 1.54) is 18.6 Å². The number of halogens is 3. The van der Waals surface area contributed by atoms with Gasteiger partial charge in [-0.1, -0.05) is 6.08 Å². The number of rotatable bonds is 1. The number of allylic oxidation sites excluding steroid dienone is 4. The van der Waals surface area contributed by atoms with Gasteiger partial charge in [-0.2, -0.15) is 13.2 Å². The van der Waals surface area contributed by atoms with Gasteiger partial charge in [0.15, 0.2) is 0 Å². The average molecular weight is 228 g/mol. The summed E-state index contributed by atoms with van der Waals surface area (Å²) in [4.78, 5) is 0. The molecule has 2 rings (SSSR count). The maximum absolute atomic E-state index is 12.6. The van der Waals surface area contributed by atoms with Crippen molar-refractivity contribution in [2.75, 3.05) is 0 Å². The number of furan rings is 1. The molecule has 1 heterocycles. The highest BCUT2D eigenvalue weighted by molar-refractivity contribution is 5.74. The molecule has 0 bridgehead atoms. The molecule has 1 aromatic rings. The van der Waals surface area contributed by atoms with Crippen molar-refractivity contribution in [3.63, 3.8) is 0 Å². The standard InChI is InChI=1S/C12H11F3O/c13-12(14,15)11-4-2-1-3-9(7-11)10-5-6-16-8-10/h3,5-8H,1-2,4H2. The lowest BCUT2D eigenvalue weighted by atomic mass is 10.1. The normalized spacial score (nSPS) is 17.7. The van der Waals surface area contributed by atoms with Crippen molar-refractivity contribution in [1.82, 2.24) is 0 Å². The van der Waals surface area contributed by atoms with Crippen molar-refractivity contribution in [2.24, 2.45) is 0 Å². The van der Waals surface area contributed by atoms with Crippen LogP contribution in [0.15, 0.2) is 40.7 Å². The van der Waals surface area contributed by atoms with Gasteiger partial charge in [-0.25, -0.2) is 0 Å². The lowest BCUT2D eigenvalue weighted by Gasteiger charge is -2.09. The van der Waals surface area contributed by atoms with E-state index in [0.29, 0.717) is 24.0 Å². The molecule has 0 spiro atoms. The zero-order chi connectivity index (χ0) is 11.6. The summed E-state index contributed by atoms with van der Waals surface area (Å²) in [6.45, 7) is 0. The predicted molar refractivity (Wildman–Crippen MR) is 54.7 cm³/mol. The third-order valence-electron chi connectivity index (χ3n) is 2.56. The molecule has 86 valence electrons. The van der Waals surface area contributed by atoms with Gasteiger partial charge in [-0.05, 0) is 37.0 Å². The summed E-state index contributed by atoms with van der Waals surface area (Å²) in [5.41, 5.74) is 0.833. The topological polar surface area (TPSA) is 13.1 Å². The summed E-state index contributed by atoms with van der Waals surface area (Å²) in [7, 11) is 0. The summed E-state index contributed by atoms with van der Waals surface area (Å²) >= 11 is 0. The molecule has 1 aromatic heterocycles. The molecule has 0 N–H and O–H groups in total. The molecule has 4 heteroatoms. The third-order valence-corrected chi connectivity index (χ3v) is 2.56. The van der Waals surface area contributed by atoms with Crippen molar-refractivity contribution in [3.05, 3.63) is 41.9 Å². The summed E-state index contributed by atoms with van der Waals surface area (Å²) < 4.78 is 42.7. The first-order valence-electron chi connectivity index (χ1n) is 5.08. The van der Waals surface area contributed by atoms with Crippen LogP contribution in [0, 0.1) is 0 Å². The van der Waals surface area contributed by atoms with Crippen molar-refractivity contribution in [1.29, 1.82) is 0 Å². The van der Waals surface area contributed by atoms with Crippen LogP contribution in [-0.4, -0.2) is 6.18 Å². The molecule has 0 unspecified atom stereocenters.